The average molecular weight is 405 g/mol. The summed E-state index contributed by atoms with van der Waals surface area (Å²) in [7, 11) is 1.73. The van der Waals surface area contributed by atoms with E-state index >= 15 is 0 Å². The third-order valence-corrected chi connectivity index (χ3v) is 4.50. The normalized spacial score (nSPS) is 16.7. The van der Waals surface area contributed by atoms with Crippen LogP contribution in [0.2, 0.25) is 0 Å². The van der Waals surface area contributed by atoms with E-state index in [0.29, 0.717) is 31.0 Å². The number of nitrogens with zero attached hydrogens (tertiary/aromatic N) is 2. The number of amides is 4. The Hall–Kier alpha value is -2.77. The molecular formula is C21H32N4O4. The topological polar surface area (TPSA) is 91.0 Å². The van der Waals surface area contributed by atoms with Gasteiger partial charge < -0.3 is 25.2 Å². The van der Waals surface area contributed by atoms with Gasteiger partial charge in [-0.3, -0.25) is 4.79 Å². The molecule has 8 heteroatoms. The molecule has 2 N–H and O–H groups in total. The van der Waals surface area contributed by atoms with E-state index < -0.39 is 5.60 Å². The van der Waals surface area contributed by atoms with Crippen molar-refractivity contribution >= 4 is 29.4 Å². The quantitative estimate of drug-likeness (QED) is 0.799. The zero-order valence-corrected chi connectivity index (χ0v) is 17.9. The van der Waals surface area contributed by atoms with Gasteiger partial charge in [-0.15, -0.1) is 0 Å². The number of carbonyl (C=O) groups excluding carboxylic acids is 3. The lowest BCUT2D eigenvalue weighted by atomic mass is 9.98. The van der Waals surface area contributed by atoms with Crippen molar-refractivity contribution in [3.63, 3.8) is 0 Å². The second kappa shape index (κ2) is 9.62. The van der Waals surface area contributed by atoms with Crippen LogP contribution in [0.3, 0.4) is 0 Å². The summed E-state index contributed by atoms with van der Waals surface area (Å²) in [4.78, 5) is 39.2. The van der Waals surface area contributed by atoms with Crippen LogP contribution in [0.5, 0.6) is 0 Å². The molecule has 4 amide bonds. The van der Waals surface area contributed by atoms with Crippen LogP contribution in [0.1, 0.15) is 40.5 Å². The summed E-state index contributed by atoms with van der Waals surface area (Å²) in [6.45, 7) is 8.79. The van der Waals surface area contributed by atoms with Crippen LogP contribution < -0.4 is 10.6 Å². The molecule has 8 nitrogen and oxygen atoms in total. The number of hydrogen-bond donors (Lipinski definition) is 2. The number of likely N-dealkylation sites (tertiary alicyclic amines) is 1. The van der Waals surface area contributed by atoms with Gasteiger partial charge in [-0.05, 0) is 63.8 Å². The second-order valence-electron chi connectivity index (χ2n) is 8.50. The van der Waals surface area contributed by atoms with Crippen LogP contribution in [0.4, 0.5) is 21.0 Å². The molecule has 1 saturated heterocycles. The van der Waals surface area contributed by atoms with E-state index in [1.54, 1.807) is 41.1 Å². The number of piperidine rings is 1. The highest BCUT2D eigenvalue weighted by Crippen LogP contribution is 2.20. The molecule has 1 atom stereocenters. The van der Waals surface area contributed by atoms with E-state index in [0.717, 1.165) is 12.8 Å². The molecule has 2 rings (SSSR count). The van der Waals surface area contributed by atoms with Crippen molar-refractivity contribution < 1.29 is 19.1 Å². The molecule has 1 unspecified atom stereocenters. The van der Waals surface area contributed by atoms with Crippen molar-refractivity contribution in [3.05, 3.63) is 24.3 Å². The van der Waals surface area contributed by atoms with Crippen LogP contribution in [-0.2, 0) is 9.53 Å². The van der Waals surface area contributed by atoms with E-state index in [2.05, 4.69) is 10.6 Å². The van der Waals surface area contributed by atoms with E-state index in [9.17, 15) is 14.4 Å². The molecule has 1 fully saturated rings. The second-order valence-corrected chi connectivity index (χ2v) is 8.50. The Kier molecular flexibility index (Phi) is 7.47. The van der Waals surface area contributed by atoms with Crippen LogP contribution in [0.15, 0.2) is 24.3 Å². The van der Waals surface area contributed by atoms with Gasteiger partial charge in [0.15, 0.2) is 0 Å². The Balaban J connectivity index is 1.87. The lowest BCUT2D eigenvalue weighted by Crippen LogP contribution is -2.46. The Morgan fingerprint density at radius 2 is 1.72 bits per heavy atom. The number of carbonyl (C=O) groups is 3. The molecule has 0 radical (unpaired) electrons. The smallest absolute Gasteiger partial charge is 0.410 e. The number of urea groups is 1. The fraction of sp³-hybridized carbons (Fsp3) is 0.571. The molecule has 1 aliphatic heterocycles. The van der Waals surface area contributed by atoms with E-state index in [-0.39, 0.29) is 23.9 Å². The largest absolute Gasteiger partial charge is 0.444 e. The summed E-state index contributed by atoms with van der Waals surface area (Å²) in [6, 6.07) is 6.82. The van der Waals surface area contributed by atoms with Gasteiger partial charge in [0.2, 0.25) is 5.91 Å². The molecule has 0 saturated carbocycles. The number of ether oxygens (including phenoxy) is 1. The van der Waals surface area contributed by atoms with Crippen molar-refractivity contribution in [1.82, 2.24) is 9.80 Å². The molecule has 160 valence electrons. The number of nitrogens with one attached hydrogen (secondary N) is 2. The molecule has 0 spiro atoms. The molecule has 0 aromatic heterocycles. The highest BCUT2D eigenvalue weighted by Gasteiger charge is 2.27. The molecule has 0 aliphatic carbocycles. The average Bonchev–Trinajstić information content (AvgIpc) is 2.61. The summed E-state index contributed by atoms with van der Waals surface area (Å²) in [6.07, 6.45) is 1.50. The molecule has 1 aromatic rings. The number of anilines is 2. The molecular weight excluding hydrogens is 372 g/mol. The third-order valence-electron chi connectivity index (χ3n) is 4.50. The van der Waals surface area contributed by atoms with Gasteiger partial charge in [0.25, 0.3) is 0 Å². The number of hydrogen-bond acceptors (Lipinski definition) is 4. The summed E-state index contributed by atoms with van der Waals surface area (Å²) in [5, 5.41) is 5.58. The van der Waals surface area contributed by atoms with Gasteiger partial charge in [-0.25, -0.2) is 9.59 Å². The summed E-state index contributed by atoms with van der Waals surface area (Å²) in [5.74, 6) is 0.0617. The van der Waals surface area contributed by atoms with Gasteiger partial charge >= 0.3 is 12.1 Å². The summed E-state index contributed by atoms with van der Waals surface area (Å²) < 4.78 is 5.40. The SMILES string of the molecule is CC(=O)Nc1ccc(NC(=O)N2CCCC(CN(C)C(=O)OC(C)(C)C)C2)cc1. The van der Waals surface area contributed by atoms with Crippen LogP contribution in [-0.4, -0.2) is 60.1 Å². The molecule has 0 bridgehead atoms. The van der Waals surface area contributed by atoms with E-state index in [1.807, 2.05) is 20.8 Å². The van der Waals surface area contributed by atoms with Gasteiger partial charge in [0.05, 0.1) is 0 Å². The maximum Gasteiger partial charge on any atom is 0.410 e. The highest BCUT2D eigenvalue weighted by atomic mass is 16.6. The van der Waals surface area contributed by atoms with Gasteiger partial charge in [0.1, 0.15) is 5.60 Å². The van der Waals surface area contributed by atoms with E-state index in [1.165, 1.54) is 6.92 Å². The van der Waals surface area contributed by atoms with Crippen molar-refractivity contribution in [2.24, 2.45) is 5.92 Å². The van der Waals surface area contributed by atoms with Gasteiger partial charge in [-0.2, -0.15) is 0 Å². The fourth-order valence-electron chi connectivity index (χ4n) is 3.24. The minimum atomic E-state index is -0.528. The van der Waals surface area contributed by atoms with Crippen molar-refractivity contribution in [1.29, 1.82) is 0 Å². The Bertz CT molecular complexity index is 727. The predicted octanol–water partition coefficient (Wildman–Crippen LogP) is 3.76. The lowest BCUT2D eigenvalue weighted by molar-refractivity contribution is -0.114. The van der Waals surface area contributed by atoms with Crippen LogP contribution in [0, 0.1) is 5.92 Å². The first-order valence-electron chi connectivity index (χ1n) is 9.91. The zero-order valence-electron chi connectivity index (χ0n) is 17.9. The van der Waals surface area contributed by atoms with Gasteiger partial charge in [0, 0.05) is 45.0 Å². The van der Waals surface area contributed by atoms with Crippen LogP contribution >= 0.6 is 0 Å². The first kappa shape index (κ1) is 22.5. The predicted molar refractivity (Wildman–Crippen MR) is 113 cm³/mol. The number of rotatable bonds is 4. The molecule has 1 aromatic carbocycles. The maximum absolute atomic E-state index is 12.6. The Labute approximate surface area is 172 Å². The highest BCUT2D eigenvalue weighted by molar-refractivity contribution is 5.91. The van der Waals surface area contributed by atoms with Crippen molar-refractivity contribution in [2.75, 3.05) is 37.3 Å². The van der Waals surface area contributed by atoms with Crippen LogP contribution in [0.25, 0.3) is 0 Å². The lowest BCUT2D eigenvalue weighted by Gasteiger charge is -2.35. The first-order chi connectivity index (χ1) is 13.5. The standard InChI is InChI=1S/C21H32N4O4/c1-15(26)22-17-8-10-18(11-9-17)23-19(27)25-12-6-7-16(14-25)13-24(5)20(28)29-21(2,3)4/h8-11,16H,6-7,12-14H2,1-5H3,(H,22,26)(H,23,27). The fourth-order valence-corrected chi connectivity index (χ4v) is 3.24. The number of benzene rings is 1. The van der Waals surface area contributed by atoms with E-state index in [4.69, 9.17) is 4.74 Å². The van der Waals surface area contributed by atoms with Gasteiger partial charge in [-0.1, -0.05) is 0 Å². The molecule has 1 heterocycles. The molecule has 29 heavy (non-hydrogen) atoms. The summed E-state index contributed by atoms with van der Waals surface area (Å²) >= 11 is 0. The molecule has 1 aliphatic rings. The minimum absolute atomic E-state index is 0.141. The summed E-state index contributed by atoms with van der Waals surface area (Å²) in [5.41, 5.74) is 0.815. The maximum atomic E-state index is 12.6. The monoisotopic (exact) mass is 404 g/mol. The first-order valence-corrected chi connectivity index (χ1v) is 9.91. The Morgan fingerprint density at radius 1 is 1.14 bits per heavy atom. The van der Waals surface area contributed by atoms with Crippen molar-refractivity contribution in [3.8, 4) is 0 Å². The Morgan fingerprint density at radius 3 is 2.28 bits per heavy atom. The zero-order chi connectivity index (χ0) is 21.6. The van der Waals surface area contributed by atoms with Crippen molar-refractivity contribution in [2.45, 2.75) is 46.1 Å². The third kappa shape index (κ3) is 7.63. The minimum Gasteiger partial charge on any atom is -0.444 e.